The topological polar surface area (TPSA) is 89.5 Å². The van der Waals surface area contributed by atoms with Gasteiger partial charge in [0, 0.05) is 32.7 Å². The van der Waals surface area contributed by atoms with Crippen molar-refractivity contribution in [1.82, 2.24) is 0 Å². The van der Waals surface area contributed by atoms with Crippen LogP contribution in [-0.2, 0) is 6.42 Å². The van der Waals surface area contributed by atoms with E-state index in [0.29, 0.717) is 34.0 Å². The lowest BCUT2D eigenvalue weighted by molar-refractivity contribution is 0.414. The molecular weight excluding hydrogens is 778 g/mol. The summed E-state index contributed by atoms with van der Waals surface area (Å²) in [7, 11) is -0.617. The van der Waals surface area contributed by atoms with Gasteiger partial charge in [0.05, 0.1) is 14.2 Å². The van der Waals surface area contributed by atoms with Crippen LogP contribution in [0.2, 0.25) is 0 Å². The Balaban J connectivity index is 1.34. The van der Waals surface area contributed by atoms with E-state index in [-0.39, 0.29) is 0 Å². The fraction of sp³-hybridized carbons (Fsp3) is 0.265. The molecule has 0 amide bonds. The second-order valence-electron chi connectivity index (χ2n) is 15.5. The predicted octanol–water partition coefficient (Wildman–Crippen LogP) is 15.8. The summed E-state index contributed by atoms with van der Waals surface area (Å²) in [5, 5.41) is 3.67. The van der Waals surface area contributed by atoms with Gasteiger partial charge in [-0.25, -0.2) is 0 Å². The number of methoxy groups -OCH3 is 2. The fourth-order valence-corrected chi connectivity index (χ4v) is 10.3. The first-order valence-corrected chi connectivity index (χ1v) is 22.1. The number of aryl methyl sites for hydroxylation is 8. The average molecular weight is 829 g/mol. The summed E-state index contributed by atoms with van der Waals surface area (Å²) in [6.45, 7) is 16.7. The number of ether oxygens (including phenoxy) is 2. The quantitative estimate of drug-likeness (QED) is 0.135. The molecule has 10 heteroatoms. The summed E-state index contributed by atoms with van der Waals surface area (Å²) in [5.41, 5.74) is 12.8. The SMILES string of the molecule is CCCCc1cc(OC)cc2c1op(Oc1c(C)cc(C)cc1-c1cc(C)cc(C)c1Op1oc3ccc(C)cc3c3cc(C)cc(C)c3o1)oc1ccc(OC)cc12. The van der Waals surface area contributed by atoms with E-state index in [9.17, 15) is 0 Å². The number of benzene rings is 6. The Kier molecular flexibility index (Phi) is 11.2. The minimum atomic E-state index is -2.02. The Morgan fingerprint density at radius 1 is 0.475 bits per heavy atom. The van der Waals surface area contributed by atoms with E-state index in [2.05, 4.69) is 110 Å². The highest BCUT2D eigenvalue weighted by atomic mass is 31.1. The Morgan fingerprint density at radius 2 is 0.983 bits per heavy atom. The van der Waals surface area contributed by atoms with Crippen molar-refractivity contribution in [2.45, 2.75) is 74.7 Å². The molecule has 0 aliphatic carbocycles. The van der Waals surface area contributed by atoms with Crippen LogP contribution in [0.1, 0.15) is 64.3 Å². The highest BCUT2D eigenvalue weighted by Crippen LogP contribution is 2.49. The number of unbranched alkanes of at least 4 members (excludes halogenated alkanes) is 1. The maximum atomic E-state index is 7.01. The molecule has 8 rings (SSSR count). The molecule has 6 aromatic carbocycles. The summed E-state index contributed by atoms with van der Waals surface area (Å²) in [5.74, 6) is 2.73. The van der Waals surface area contributed by atoms with Crippen molar-refractivity contribution in [3.05, 3.63) is 129 Å². The first-order valence-electron chi connectivity index (χ1n) is 20.0. The first kappa shape index (κ1) is 40.1. The molecule has 2 aromatic heterocycles. The zero-order chi connectivity index (χ0) is 41.5. The Hall–Kier alpha value is -5.68. The number of hydrogen-bond acceptors (Lipinski definition) is 8. The highest BCUT2D eigenvalue weighted by Gasteiger charge is 2.23. The van der Waals surface area contributed by atoms with Gasteiger partial charge < -0.3 is 35.3 Å². The maximum absolute atomic E-state index is 7.01. The molecule has 0 bridgehead atoms. The molecule has 8 nitrogen and oxygen atoms in total. The minimum Gasteiger partial charge on any atom is -0.497 e. The van der Waals surface area contributed by atoms with Crippen LogP contribution in [0.4, 0.5) is 0 Å². The summed E-state index contributed by atoms with van der Waals surface area (Å²) in [6.07, 6.45) is 2.81. The molecule has 0 saturated carbocycles. The largest absolute Gasteiger partial charge is 0.497 e. The standard InChI is InChI=1S/C49H50O8P2/c1-11-12-13-35-25-37(51-10)27-43-39-26-36(50-9)15-17-45(39)53-59(57-49(35)43)56-48-34(8)20-31(5)24-42(48)41-23-30(4)19-33(7)47(41)55-58-52-44-16-14-28(2)21-38(44)40-22-29(3)18-32(6)46(40)54-58/h14-27H,11-13H2,1-10H3. The van der Waals surface area contributed by atoms with E-state index in [1.54, 1.807) is 14.2 Å². The van der Waals surface area contributed by atoms with Crippen LogP contribution in [0.5, 0.6) is 23.0 Å². The molecule has 0 radical (unpaired) electrons. The highest BCUT2D eigenvalue weighted by molar-refractivity contribution is 7.32. The Labute approximate surface area is 346 Å². The smallest absolute Gasteiger partial charge is 0.453 e. The molecule has 2 unspecified atom stereocenters. The van der Waals surface area contributed by atoms with Crippen LogP contribution in [0.15, 0.2) is 102 Å². The van der Waals surface area contributed by atoms with E-state index in [1.807, 2.05) is 30.3 Å². The Bertz CT molecular complexity index is 3000. The van der Waals surface area contributed by atoms with E-state index < -0.39 is 16.5 Å². The molecule has 304 valence electrons. The number of hydrogen-bond donors (Lipinski definition) is 0. The van der Waals surface area contributed by atoms with Crippen molar-refractivity contribution in [1.29, 1.82) is 0 Å². The van der Waals surface area contributed by atoms with Gasteiger partial charge in [0.2, 0.25) is 0 Å². The lowest BCUT2D eigenvalue weighted by Crippen LogP contribution is -1.96. The molecule has 8 aromatic rings. The van der Waals surface area contributed by atoms with Gasteiger partial charge in [0.15, 0.2) is 0 Å². The molecule has 0 aliphatic heterocycles. The van der Waals surface area contributed by atoms with Gasteiger partial charge >= 0.3 is 16.5 Å². The monoisotopic (exact) mass is 828 g/mol. The van der Waals surface area contributed by atoms with Gasteiger partial charge in [-0.3, -0.25) is 0 Å². The van der Waals surface area contributed by atoms with Crippen molar-refractivity contribution in [2.75, 3.05) is 14.2 Å². The molecule has 0 spiro atoms. The first-order chi connectivity index (χ1) is 28.4. The number of fused-ring (bicyclic) bond motifs is 6. The molecule has 2 heterocycles. The third kappa shape index (κ3) is 8.05. The van der Waals surface area contributed by atoms with Gasteiger partial charge in [-0.2, -0.15) is 0 Å². The van der Waals surface area contributed by atoms with Crippen LogP contribution in [0, 0.1) is 48.5 Å². The minimum absolute atomic E-state index is 0.624. The van der Waals surface area contributed by atoms with Gasteiger partial charge in [-0.05, 0) is 161 Å². The van der Waals surface area contributed by atoms with Gasteiger partial charge in [0.1, 0.15) is 45.3 Å². The molecule has 0 saturated heterocycles. The second kappa shape index (κ2) is 16.5. The summed E-state index contributed by atoms with van der Waals surface area (Å²) in [4.78, 5) is 0. The van der Waals surface area contributed by atoms with E-state index in [1.165, 1.54) is 0 Å². The molecule has 2 atom stereocenters. The molecular formula is C49H50O8P2. The summed E-state index contributed by atoms with van der Waals surface area (Å²) >= 11 is 0. The molecule has 59 heavy (non-hydrogen) atoms. The number of rotatable bonds is 10. The van der Waals surface area contributed by atoms with Gasteiger partial charge in [0.25, 0.3) is 0 Å². The molecule has 0 fully saturated rings. The third-order valence-corrected chi connectivity index (χ3v) is 12.7. The molecule has 0 N–H and O–H groups in total. The van der Waals surface area contributed by atoms with Gasteiger partial charge in [-0.1, -0.05) is 43.2 Å². The van der Waals surface area contributed by atoms with Crippen LogP contribution in [0.3, 0.4) is 0 Å². The predicted molar refractivity (Wildman–Crippen MR) is 241 cm³/mol. The maximum Gasteiger partial charge on any atom is 0.453 e. The van der Waals surface area contributed by atoms with Crippen LogP contribution < -0.4 is 18.5 Å². The normalized spacial score (nSPS) is 12.0. The van der Waals surface area contributed by atoms with Crippen LogP contribution in [0.25, 0.3) is 55.0 Å². The zero-order valence-electron chi connectivity index (χ0n) is 35.4. The summed E-state index contributed by atoms with van der Waals surface area (Å²) < 4.78 is 52.4. The second-order valence-corrected chi connectivity index (χ2v) is 17.5. The van der Waals surface area contributed by atoms with Crippen LogP contribution >= 0.6 is 16.5 Å². The van der Waals surface area contributed by atoms with Crippen molar-refractivity contribution in [3.63, 3.8) is 0 Å². The Morgan fingerprint density at radius 3 is 1.59 bits per heavy atom. The average Bonchev–Trinajstić information content (AvgIpc) is 3.45. The van der Waals surface area contributed by atoms with Crippen molar-refractivity contribution < 1.29 is 35.3 Å². The zero-order valence-corrected chi connectivity index (χ0v) is 37.2. The lowest BCUT2D eigenvalue weighted by Gasteiger charge is -2.18. The van der Waals surface area contributed by atoms with Crippen LogP contribution in [-0.4, -0.2) is 14.2 Å². The summed E-state index contributed by atoms with van der Waals surface area (Å²) in [6, 6.07) is 28.8. The van der Waals surface area contributed by atoms with Crippen molar-refractivity contribution in [2.24, 2.45) is 0 Å². The lowest BCUT2D eigenvalue weighted by atomic mass is 9.95. The molecule has 0 aliphatic rings. The van der Waals surface area contributed by atoms with Crippen molar-refractivity contribution in [3.8, 4) is 34.1 Å². The van der Waals surface area contributed by atoms with E-state index >= 15 is 0 Å². The fourth-order valence-electron chi connectivity index (χ4n) is 7.90. The van der Waals surface area contributed by atoms with E-state index in [0.717, 1.165) is 108 Å². The van der Waals surface area contributed by atoms with Crippen molar-refractivity contribution >= 4 is 60.4 Å². The van der Waals surface area contributed by atoms with E-state index in [4.69, 9.17) is 35.3 Å². The third-order valence-electron chi connectivity index (χ3n) is 10.6. The van der Waals surface area contributed by atoms with Gasteiger partial charge in [-0.15, -0.1) is 0 Å².